The Bertz CT molecular complexity index is 754. The maximum Gasteiger partial charge on any atom is 0.230 e. The second-order valence-corrected chi connectivity index (χ2v) is 7.50. The molecule has 0 aliphatic carbocycles. The van der Waals surface area contributed by atoms with E-state index >= 15 is 0 Å². The maximum absolute atomic E-state index is 11.9. The molecule has 26 heavy (non-hydrogen) atoms. The van der Waals surface area contributed by atoms with Crippen molar-refractivity contribution in [1.29, 1.82) is 0 Å². The quantitative estimate of drug-likeness (QED) is 0.369. The molecule has 3 N–H and O–H groups in total. The highest BCUT2D eigenvalue weighted by Crippen LogP contribution is 2.30. The van der Waals surface area contributed by atoms with E-state index in [-0.39, 0.29) is 17.8 Å². The summed E-state index contributed by atoms with van der Waals surface area (Å²) in [6, 6.07) is 5.02. The smallest absolute Gasteiger partial charge is 0.230 e. The van der Waals surface area contributed by atoms with E-state index in [1.54, 1.807) is 18.2 Å². The van der Waals surface area contributed by atoms with Crippen LogP contribution in [-0.4, -0.2) is 45.8 Å². The molecule has 0 aliphatic heterocycles. The lowest BCUT2D eigenvalue weighted by Crippen LogP contribution is -2.27. The van der Waals surface area contributed by atoms with E-state index in [4.69, 9.17) is 33.8 Å². The van der Waals surface area contributed by atoms with E-state index in [1.165, 1.54) is 16.4 Å². The summed E-state index contributed by atoms with van der Waals surface area (Å²) in [6.07, 6.45) is 0.960. The molecule has 0 saturated carbocycles. The average molecular weight is 418 g/mol. The number of nitrogens with one attached hydrogen (secondary N) is 1. The van der Waals surface area contributed by atoms with Gasteiger partial charge in [-0.05, 0) is 38.5 Å². The summed E-state index contributed by atoms with van der Waals surface area (Å²) in [5.74, 6) is 6.52. The number of ether oxygens (including phenoxy) is 1. The van der Waals surface area contributed by atoms with E-state index in [2.05, 4.69) is 15.5 Å². The topological polar surface area (TPSA) is 95.1 Å². The first-order valence-corrected chi connectivity index (χ1v) is 9.79. The summed E-state index contributed by atoms with van der Waals surface area (Å²) >= 11 is 13.3. The van der Waals surface area contributed by atoms with Crippen molar-refractivity contribution >= 4 is 40.9 Å². The summed E-state index contributed by atoms with van der Waals surface area (Å²) in [7, 11) is 0. The molecule has 0 saturated heterocycles. The molecule has 1 aromatic carbocycles. The summed E-state index contributed by atoms with van der Waals surface area (Å²) < 4.78 is 6.73. The molecule has 0 bridgehead atoms. The van der Waals surface area contributed by atoms with Crippen LogP contribution >= 0.6 is 35.0 Å². The first kappa shape index (κ1) is 20.8. The minimum Gasteiger partial charge on any atom is -0.379 e. The standard InChI is InChI=1S/C16H21Cl2N5O2S/c1-10(2)25-7-3-6-20-14(24)9-26-16-22-21-15(23(16)19)12-5-4-11(17)8-13(12)18/h4-5,8,10H,3,6-7,9,19H2,1-2H3,(H,20,24). The Morgan fingerprint density at radius 3 is 2.85 bits per heavy atom. The van der Waals surface area contributed by atoms with Crippen LogP contribution in [0.3, 0.4) is 0 Å². The van der Waals surface area contributed by atoms with Gasteiger partial charge in [-0.15, -0.1) is 10.2 Å². The Balaban J connectivity index is 1.85. The van der Waals surface area contributed by atoms with Gasteiger partial charge in [0.1, 0.15) is 0 Å². The van der Waals surface area contributed by atoms with Crippen LogP contribution in [0.25, 0.3) is 11.4 Å². The van der Waals surface area contributed by atoms with Crippen LogP contribution in [0.2, 0.25) is 10.0 Å². The van der Waals surface area contributed by atoms with Crippen molar-refractivity contribution in [1.82, 2.24) is 20.2 Å². The van der Waals surface area contributed by atoms with E-state index in [0.29, 0.717) is 39.7 Å². The van der Waals surface area contributed by atoms with Gasteiger partial charge in [0.05, 0.1) is 16.9 Å². The van der Waals surface area contributed by atoms with Crippen LogP contribution in [0.5, 0.6) is 0 Å². The fourth-order valence-electron chi connectivity index (χ4n) is 2.03. The number of halogens is 2. The van der Waals surface area contributed by atoms with Crippen LogP contribution in [-0.2, 0) is 9.53 Å². The number of aromatic nitrogens is 3. The summed E-state index contributed by atoms with van der Waals surface area (Å²) in [5, 5.41) is 12.3. The fourth-order valence-corrected chi connectivity index (χ4v) is 3.21. The Morgan fingerprint density at radius 2 is 2.15 bits per heavy atom. The Kier molecular flexibility index (Phi) is 8.02. The highest BCUT2D eigenvalue weighted by molar-refractivity contribution is 7.99. The lowest BCUT2D eigenvalue weighted by molar-refractivity contribution is -0.118. The van der Waals surface area contributed by atoms with Crippen LogP contribution in [0, 0.1) is 0 Å². The molecule has 7 nitrogen and oxygen atoms in total. The second-order valence-electron chi connectivity index (χ2n) is 5.71. The zero-order valence-corrected chi connectivity index (χ0v) is 16.9. The molecule has 0 atom stereocenters. The van der Waals surface area contributed by atoms with Crippen molar-refractivity contribution in [3.05, 3.63) is 28.2 Å². The second kappa shape index (κ2) is 10.0. The molecule has 0 aliphatic rings. The normalized spacial score (nSPS) is 11.1. The number of hydrogen-bond acceptors (Lipinski definition) is 6. The highest BCUT2D eigenvalue weighted by Gasteiger charge is 2.16. The highest BCUT2D eigenvalue weighted by atomic mass is 35.5. The van der Waals surface area contributed by atoms with Gasteiger partial charge in [-0.3, -0.25) is 4.79 Å². The lowest BCUT2D eigenvalue weighted by atomic mass is 10.2. The van der Waals surface area contributed by atoms with Gasteiger partial charge < -0.3 is 15.9 Å². The van der Waals surface area contributed by atoms with Gasteiger partial charge in [-0.2, -0.15) is 0 Å². The lowest BCUT2D eigenvalue weighted by Gasteiger charge is -2.08. The van der Waals surface area contributed by atoms with E-state index < -0.39 is 0 Å². The number of amides is 1. The van der Waals surface area contributed by atoms with Crippen LogP contribution in [0.15, 0.2) is 23.4 Å². The first-order valence-electron chi connectivity index (χ1n) is 8.05. The van der Waals surface area contributed by atoms with Crippen molar-refractivity contribution in [2.75, 3.05) is 24.7 Å². The van der Waals surface area contributed by atoms with E-state index in [1.807, 2.05) is 13.8 Å². The molecule has 10 heteroatoms. The van der Waals surface area contributed by atoms with Crippen molar-refractivity contribution in [2.24, 2.45) is 0 Å². The Labute approximate surface area is 166 Å². The molecular weight excluding hydrogens is 397 g/mol. The third-order valence-corrected chi connectivity index (χ3v) is 4.75. The van der Waals surface area contributed by atoms with Crippen LogP contribution < -0.4 is 11.2 Å². The Morgan fingerprint density at radius 1 is 1.38 bits per heavy atom. The number of benzene rings is 1. The van der Waals surface area contributed by atoms with Gasteiger partial charge in [0, 0.05) is 23.7 Å². The summed E-state index contributed by atoms with van der Waals surface area (Å²) in [5.41, 5.74) is 0.618. The molecule has 0 fully saturated rings. The third-order valence-electron chi connectivity index (χ3n) is 3.26. The fraction of sp³-hybridized carbons (Fsp3) is 0.438. The number of carbonyl (C=O) groups is 1. The minimum absolute atomic E-state index is 0.103. The van der Waals surface area contributed by atoms with Crippen molar-refractivity contribution in [2.45, 2.75) is 31.5 Å². The minimum atomic E-state index is -0.103. The third kappa shape index (κ3) is 6.05. The molecule has 2 rings (SSSR count). The monoisotopic (exact) mass is 417 g/mol. The summed E-state index contributed by atoms with van der Waals surface area (Å²) in [6.45, 7) is 5.13. The Hall–Kier alpha value is -1.48. The molecule has 1 heterocycles. The first-order chi connectivity index (χ1) is 12.4. The number of nitrogens with zero attached hydrogens (tertiary/aromatic N) is 3. The predicted molar refractivity (Wildman–Crippen MR) is 105 cm³/mol. The van der Waals surface area contributed by atoms with Gasteiger partial charge >= 0.3 is 0 Å². The van der Waals surface area contributed by atoms with Gasteiger partial charge in [0.25, 0.3) is 0 Å². The summed E-state index contributed by atoms with van der Waals surface area (Å²) in [4.78, 5) is 11.9. The average Bonchev–Trinajstić information content (AvgIpc) is 2.93. The van der Waals surface area contributed by atoms with E-state index in [0.717, 1.165) is 6.42 Å². The molecular formula is C16H21Cl2N5O2S. The maximum atomic E-state index is 11.9. The molecule has 0 radical (unpaired) electrons. The molecule has 1 amide bonds. The van der Waals surface area contributed by atoms with E-state index in [9.17, 15) is 4.79 Å². The number of carbonyl (C=O) groups excluding carboxylic acids is 1. The predicted octanol–water partition coefficient (Wildman–Crippen LogP) is 2.99. The number of rotatable bonds is 9. The van der Waals surface area contributed by atoms with Gasteiger partial charge in [0.2, 0.25) is 11.1 Å². The zero-order chi connectivity index (χ0) is 19.1. The molecule has 0 unspecified atom stereocenters. The van der Waals surface area contributed by atoms with Crippen molar-refractivity contribution in [3.8, 4) is 11.4 Å². The molecule has 2 aromatic rings. The van der Waals surface area contributed by atoms with Crippen molar-refractivity contribution in [3.63, 3.8) is 0 Å². The number of nitrogen functional groups attached to an aromatic ring is 1. The van der Waals surface area contributed by atoms with Crippen molar-refractivity contribution < 1.29 is 9.53 Å². The van der Waals surface area contributed by atoms with Gasteiger partial charge in [-0.1, -0.05) is 35.0 Å². The zero-order valence-electron chi connectivity index (χ0n) is 14.5. The largest absolute Gasteiger partial charge is 0.379 e. The van der Waals surface area contributed by atoms with Gasteiger partial charge in [0.15, 0.2) is 5.82 Å². The van der Waals surface area contributed by atoms with Gasteiger partial charge in [-0.25, -0.2) is 4.68 Å². The number of nitrogens with two attached hydrogens (primary N) is 1. The molecule has 0 spiro atoms. The SMILES string of the molecule is CC(C)OCCCNC(=O)CSc1nnc(-c2ccc(Cl)cc2Cl)n1N. The van der Waals surface area contributed by atoms with Crippen LogP contribution in [0.1, 0.15) is 20.3 Å². The molecule has 1 aromatic heterocycles. The number of thioether (sulfide) groups is 1. The van der Waals surface area contributed by atoms with Crippen LogP contribution in [0.4, 0.5) is 0 Å². The number of hydrogen-bond donors (Lipinski definition) is 2. The molecule has 142 valence electrons.